The number of hydrogen-bond donors (Lipinski definition) is 0. The standard InChI is InChI=1S/C11H22O2S/c1-6-13-11(12)7-9(4)14-10(5)8(2)3/h8-10H,6-7H2,1-5H3. The summed E-state index contributed by atoms with van der Waals surface area (Å²) < 4.78 is 4.90. The van der Waals surface area contributed by atoms with Gasteiger partial charge in [0.15, 0.2) is 0 Å². The molecule has 2 unspecified atom stereocenters. The molecule has 0 heterocycles. The van der Waals surface area contributed by atoms with Gasteiger partial charge in [0.25, 0.3) is 0 Å². The number of thioether (sulfide) groups is 1. The Labute approximate surface area is 91.8 Å². The fourth-order valence-corrected chi connectivity index (χ4v) is 2.31. The van der Waals surface area contributed by atoms with Crippen LogP contribution in [-0.4, -0.2) is 23.1 Å². The zero-order chi connectivity index (χ0) is 11.1. The minimum absolute atomic E-state index is 0.0801. The highest BCUT2D eigenvalue weighted by atomic mass is 32.2. The molecule has 0 aromatic heterocycles. The van der Waals surface area contributed by atoms with Crippen molar-refractivity contribution in [2.75, 3.05) is 6.61 Å². The predicted molar refractivity (Wildman–Crippen MR) is 62.6 cm³/mol. The number of hydrogen-bond acceptors (Lipinski definition) is 3. The van der Waals surface area contributed by atoms with Gasteiger partial charge in [0.1, 0.15) is 0 Å². The number of esters is 1. The smallest absolute Gasteiger partial charge is 0.306 e. The summed E-state index contributed by atoms with van der Waals surface area (Å²) in [6.45, 7) is 11.0. The Morgan fingerprint density at radius 1 is 1.29 bits per heavy atom. The lowest BCUT2D eigenvalue weighted by Crippen LogP contribution is -2.15. The number of rotatable bonds is 6. The maximum Gasteiger partial charge on any atom is 0.306 e. The Bertz CT molecular complexity index is 169. The summed E-state index contributed by atoms with van der Waals surface area (Å²) in [5.41, 5.74) is 0. The van der Waals surface area contributed by atoms with Crippen molar-refractivity contribution < 1.29 is 9.53 Å². The highest BCUT2D eigenvalue weighted by molar-refractivity contribution is 8.00. The van der Waals surface area contributed by atoms with Crippen molar-refractivity contribution in [3.8, 4) is 0 Å². The lowest BCUT2D eigenvalue weighted by Gasteiger charge is -2.19. The van der Waals surface area contributed by atoms with Crippen LogP contribution in [0.3, 0.4) is 0 Å². The van der Waals surface area contributed by atoms with Gasteiger partial charge in [-0.15, -0.1) is 0 Å². The van der Waals surface area contributed by atoms with E-state index in [0.29, 0.717) is 29.4 Å². The van der Waals surface area contributed by atoms with Crippen molar-refractivity contribution in [2.45, 2.75) is 51.5 Å². The summed E-state index contributed by atoms with van der Waals surface area (Å²) in [7, 11) is 0. The minimum atomic E-state index is -0.0801. The van der Waals surface area contributed by atoms with Gasteiger partial charge in [-0.1, -0.05) is 27.7 Å². The number of ether oxygens (including phenoxy) is 1. The lowest BCUT2D eigenvalue weighted by molar-refractivity contribution is -0.142. The van der Waals surface area contributed by atoms with Gasteiger partial charge < -0.3 is 4.74 Å². The first-order chi connectivity index (χ1) is 6.47. The van der Waals surface area contributed by atoms with Crippen LogP contribution in [0.25, 0.3) is 0 Å². The molecule has 3 heteroatoms. The van der Waals surface area contributed by atoms with Crippen molar-refractivity contribution in [3.05, 3.63) is 0 Å². The first-order valence-corrected chi connectivity index (χ1v) is 6.22. The summed E-state index contributed by atoms with van der Waals surface area (Å²) in [4.78, 5) is 11.2. The van der Waals surface area contributed by atoms with Crippen LogP contribution >= 0.6 is 11.8 Å². The fraction of sp³-hybridized carbons (Fsp3) is 0.909. The van der Waals surface area contributed by atoms with Crippen LogP contribution in [0.15, 0.2) is 0 Å². The Morgan fingerprint density at radius 2 is 1.86 bits per heavy atom. The largest absolute Gasteiger partial charge is 0.466 e. The molecule has 0 aliphatic heterocycles. The number of carbonyl (C=O) groups is 1. The van der Waals surface area contributed by atoms with Gasteiger partial charge in [-0.2, -0.15) is 11.8 Å². The van der Waals surface area contributed by atoms with Gasteiger partial charge in [0, 0.05) is 10.5 Å². The van der Waals surface area contributed by atoms with Crippen molar-refractivity contribution in [2.24, 2.45) is 5.92 Å². The summed E-state index contributed by atoms with van der Waals surface area (Å²) in [6, 6.07) is 0. The summed E-state index contributed by atoms with van der Waals surface area (Å²) in [5.74, 6) is 0.577. The molecule has 0 N–H and O–H groups in total. The second-order valence-electron chi connectivity index (χ2n) is 3.90. The summed E-state index contributed by atoms with van der Waals surface area (Å²) in [5, 5.41) is 0.950. The molecule has 84 valence electrons. The Balaban J connectivity index is 3.74. The molecular formula is C11H22O2S. The van der Waals surface area contributed by atoms with Crippen LogP contribution in [0, 0.1) is 5.92 Å². The average molecular weight is 218 g/mol. The van der Waals surface area contributed by atoms with Gasteiger partial charge in [-0.05, 0) is 12.8 Å². The highest BCUT2D eigenvalue weighted by Crippen LogP contribution is 2.25. The van der Waals surface area contributed by atoms with E-state index in [0.717, 1.165) is 0 Å². The van der Waals surface area contributed by atoms with E-state index in [2.05, 4.69) is 27.7 Å². The van der Waals surface area contributed by atoms with Gasteiger partial charge in [-0.25, -0.2) is 0 Å². The summed E-state index contributed by atoms with van der Waals surface area (Å²) >= 11 is 1.86. The monoisotopic (exact) mass is 218 g/mol. The second kappa shape index (κ2) is 7.16. The highest BCUT2D eigenvalue weighted by Gasteiger charge is 2.15. The molecule has 2 nitrogen and oxygen atoms in total. The Hall–Kier alpha value is -0.180. The first kappa shape index (κ1) is 13.8. The third-order valence-electron chi connectivity index (χ3n) is 2.15. The van der Waals surface area contributed by atoms with Gasteiger partial charge in [0.05, 0.1) is 13.0 Å². The third kappa shape index (κ3) is 6.30. The van der Waals surface area contributed by atoms with Crippen LogP contribution < -0.4 is 0 Å². The molecule has 0 saturated carbocycles. The van der Waals surface area contributed by atoms with Crippen LogP contribution in [-0.2, 0) is 9.53 Å². The van der Waals surface area contributed by atoms with Crippen LogP contribution in [0.1, 0.15) is 41.0 Å². The molecule has 0 spiro atoms. The quantitative estimate of drug-likeness (QED) is 0.641. The average Bonchev–Trinajstić information content (AvgIpc) is 2.03. The molecule has 0 aromatic carbocycles. The van der Waals surface area contributed by atoms with Gasteiger partial charge >= 0.3 is 5.97 Å². The van der Waals surface area contributed by atoms with Crippen molar-refractivity contribution in [1.29, 1.82) is 0 Å². The fourth-order valence-electron chi connectivity index (χ4n) is 1.03. The molecular weight excluding hydrogens is 196 g/mol. The summed E-state index contributed by atoms with van der Waals surface area (Å²) in [6.07, 6.45) is 0.523. The number of carbonyl (C=O) groups excluding carboxylic acids is 1. The molecule has 0 aliphatic rings. The minimum Gasteiger partial charge on any atom is -0.466 e. The van der Waals surface area contributed by atoms with E-state index in [4.69, 9.17) is 4.74 Å². The van der Waals surface area contributed by atoms with E-state index in [1.165, 1.54) is 0 Å². The zero-order valence-electron chi connectivity index (χ0n) is 9.87. The van der Waals surface area contributed by atoms with E-state index in [1.807, 2.05) is 18.7 Å². The molecule has 0 radical (unpaired) electrons. The van der Waals surface area contributed by atoms with Crippen molar-refractivity contribution >= 4 is 17.7 Å². The Kier molecular flexibility index (Phi) is 7.06. The molecule has 2 atom stereocenters. The van der Waals surface area contributed by atoms with Crippen molar-refractivity contribution in [3.63, 3.8) is 0 Å². The molecule has 0 aliphatic carbocycles. The molecule has 0 rings (SSSR count). The van der Waals surface area contributed by atoms with E-state index in [9.17, 15) is 4.79 Å². The first-order valence-electron chi connectivity index (χ1n) is 5.28. The third-order valence-corrected chi connectivity index (χ3v) is 3.75. The topological polar surface area (TPSA) is 26.3 Å². The van der Waals surface area contributed by atoms with Crippen LogP contribution in [0.4, 0.5) is 0 Å². The zero-order valence-corrected chi connectivity index (χ0v) is 10.7. The normalized spacial score (nSPS) is 15.3. The lowest BCUT2D eigenvalue weighted by atomic mass is 10.2. The van der Waals surface area contributed by atoms with E-state index in [-0.39, 0.29) is 5.97 Å². The SMILES string of the molecule is CCOC(=O)CC(C)SC(C)C(C)C. The van der Waals surface area contributed by atoms with E-state index < -0.39 is 0 Å². The molecule has 0 aromatic rings. The van der Waals surface area contributed by atoms with E-state index in [1.54, 1.807) is 0 Å². The van der Waals surface area contributed by atoms with Gasteiger partial charge in [-0.3, -0.25) is 4.79 Å². The van der Waals surface area contributed by atoms with Gasteiger partial charge in [0.2, 0.25) is 0 Å². The Morgan fingerprint density at radius 3 is 2.29 bits per heavy atom. The maximum atomic E-state index is 11.2. The predicted octanol–water partition coefficient (Wildman–Crippen LogP) is 3.11. The second-order valence-corrected chi connectivity index (χ2v) is 5.73. The van der Waals surface area contributed by atoms with E-state index >= 15 is 0 Å². The molecule has 0 amide bonds. The maximum absolute atomic E-state index is 11.2. The van der Waals surface area contributed by atoms with Crippen molar-refractivity contribution in [1.82, 2.24) is 0 Å². The molecule has 14 heavy (non-hydrogen) atoms. The van der Waals surface area contributed by atoms with Crippen LogP contribution in [0.2, 0.25) is 0 Å². The molecule has 0 bridgehead atoms. The molecule has 0 saturated heterocycles. The molecule has 0 fully saturated rings. The van der Waals surface area contributed by atoms with Crippen LogP contribution in [0.5, 0.6) is 0 Å².